The molecule has 0 aliphatic heterocycles. The molecule has 1 unspecified atom stereocenters. The number of amides is 1. The Morgan fingerprint density at radius 2 is 2.18 bits per heavy atom. The summed E-state index contributed by atoms with van der Waals surface area (Å²) >= 11 is 0. The second-order valence-electron chi connectivity index (χ2n) is 4.26. The van der Waals surface area contributed by atoms with Gasteiger partial charge in [-0.2, -0.15) is 0 Å². The van der Waals surface area contributed by atoms with Crippen LogP contribution in [0.5, 0.6) is 5.75 Å². The number of hydrogen-bond acceptors (Lipinski definition) is 3. The van der Waals surface area contributed by atoms with Crippen molar-refractivity contribution in [2.24, 2.45) is 5.73 Å². The van der Waals surface area contributed by atoms with E-state index in [1.807, 2.05) is 39.0 Å². The molecule has 0 saturated carbocycles. The van der Waals surface area contributed by atoms with Crippen LogP contribution in [-0.4, -0.2) is 25.1 Å². The molecule has 0 fully saturated rings. The summed E-state index contributed by atoms with van der Waals surface area (Å²) in [7, 11) is 0. The number of hydrogen-bond donors (Lipinski definition) is 2. The van der Waals surface area contributed by atoms with Crippen LogP contribution in [0.1, 0.15) is 18.1 Å². The molecule has 17 heavy (non-hydrogen) atoms. The highest BCUT2D eigenvalue weighted by molar-refractivity contribution is 5.77. The predicted molar refractivity (Wildman–Crippen MR) is 68.1 cm³/mol. The first kappa shape index (κ1) is 13.5. The number of aryl methyl sites for hydroxylation is 2. The van der Waals surface area contributed by atoms with Crippen LogP contribution in [-0.2, 0) is 4.79 Å². The fourth-order valence-electron chi connectivity index (χ4n) is 1.48. The molecule has 3 N–H and O–H groups in total. The van der Waals surface area contributed by atoms with Crippen molar-refractivity contribution in [3.05, 3.63) is 29.3 Å². The van der Waals surface area contributed by atoms with E-state index in [2.05, 4.69) is 5.32 Å². The highest BCUT2D eigenvalue weighted by Gasteiger charge is 2.07. The molecule has 0 saturated heterocycles. The highest BCUT2D eigenvalue weighted by atomic mass is 16.5. The summed E-state index contributed by atoms with van der Waals surface area (Å²) in [4.78, 5) is 11.5. The molecule has 1 amide bonds. The van der Waals surface area contributed by atoms with Crippen molar-refractivity contribution in [3.63, 3.8) is 0 Å². The minimum atomic E-state index is -0.150. The third-order valence-corrected chi connectivity index (χ3v) is 2.45. The summed E-state index contributed by atoms with van der Waals surface area (Å²) in [5, 5.41) is 2.74. The summed E-state index contributed by atoms with van der Waals surface area (Å²) in [6, 6.07) is 5.84. The van der Waals surface area contributed by atoms with E-state index < -0.39 is 0 Å². The molecular formula is C13H20N2O2. The van der Waals surface area contributed by atoms with Crippen LogP contribution >= 0.6 is 0 Å². The molecule has 4 nitrogen and oxygen atoms in total. The zero-order valence-electron chi connectivity index (χ0n) is 10.6. The first-order valence-corrected chi connectivity index (χ1v) is 5.72. The van der Waals surface area contributed by atoms with E-state index in [1.54, 1.807) is 0 Å². The minimum Gasteiger partial charge on any atom is -0.484 e. The van der Waals surface area contributed by atoms with Gasteiger partial charge >= 0.3 is 0 Å². The second-order valence-corrected chi connectivity index (χ2v) is 4.26. The molecular weight excluding hydrogens is 216 g/mol. The van der Waals surface area contributed by atoms with Gasteiger partial charge in [0.1, 0.15) is 5.75 Å². The Balaban J connectivity index is 2.47. The molecule has 0 bridgehead atoms. The van der Waals surface area contributed by atoms with Crippen LogP contribution in [0.4, 0.5) is 0 Å². The van der Waals surface area contributed by atoms with Crippen molar-refractivity contribution in [1.82, 2.24) is 5.32 Å². The van der Waals surface area contributed by atoms with E-state index in [0.29, 0.717) is 6.54 Å². The smallest absolute Gasteiger partial charge is 0.258 e. The van der Waals surface area contributed by atoms with Gasteiger partial charge in [0.15, 0.2) is 6.61 Å². The molecule has 0 aliphatic carbocycles. The third-order valence-electron chi connectivity index (χ3n) is 2.45. The lowest BCUT2D eigenvalue weighted by molar-refractivity contribution is -0.123. The van der Waals surface area contributed by atoms with Crippen molar-refractivity contribution in [1.29, 1.82) is 0 Å². The van der Waals surface area contributed by atoms with E-state index in [1.165, 1.54) is 5.56 Å². The molecule has 0 spiro atoms. The van der Waals surface area contributed by atoms with Gasteiger partial charge < -0.3 is 15.8 Å². The number of rotatable bonds is 5. The van der Waals surface area contributed by atoms with Crippen molar-refractivity contribution in [3.8, 4) is 5.75 Å². The normalized spacial score (nSPS) is 12.0. The number of carbonyl (C=O) groups excluding carboxylic acids is 1. The zero-order chi connectivity index (χ0) is 12.8. The van der Waals surface area contributed by atoms with Gasteiger partial charge in [-0.15, -0.1) is 0 Å². The van der Waals surface area contributed by atoms with Crippen molar-refractivity contribution >= 4 is 5.91 Å². The molecule has 0 radical (unpaired) electrons. The zero-order valence-corrected chi connectivity index (χ0v) is 10.6. The van der Waals surface area contributed by atoms with Crippen molar-refractivity contribution in [2.75, 3.05) is 13.2 Å². The van der Waals surface area contributed by atoms with E-state index in [0.717, 1.165) is 11.3 Å². The van der Waals surface area contributed by atoms with E-state index in [4.69, 9.17) is 10.5 Å². The van der Waals surface area contributed by atoms with Crippen LogP contribution in [0.15, 0.2) is 18.2 Å². The number of carbonyl (C=O) groups is 1. The number of nitrogens with two attached hydrogens (primary N) is 1. The number of benzene rings is 1. The van der Waals surface area contributed by atoms with Gasteiger partial charge in [0.2, 0.25) is 0 Å². The molecule has 1 rings (SSSR count). The van der Waals surface area contributed by atoms with Crippen LogP contribution in [0, 0.1) is 13.8 Å². The average molecular weight is 236 g/mol. The molecule has 1 aromatic carbocycles. The van der Waals surface area contributed by atoms with E-state index in [-0.39, 0.29) is 18.6 Å². The standard InChI is InChI=1S/C13H20N2O2/c1-9-4-5-12(10(2)6-9)17-8-13(16)15-11(3)7-14/h4-6,11H,7-8,14H2,1-3H3,(H,15,16). The largest absolute Gasteiger partial charge is 0.484 e. The maximum Gasteiger partial charge on any atom is 0.258 e. The van der Waals surface area contributed by atoms with Crippen LogP contribution in [0.2, 0.25) is 0 Å². The van der Waals surface area contributed by atoms with Crippen LogP contribution < -0.4 is 15.8 Å². The first-order valence-electron chi connectivity index (χ1n) is 5.72. The predicted octanol–water partition coefficient (Wildman–Crippen LogP) is 1.15. The van der Waals surface area contributed by atoms with Crippen molar-refractivity contribution in [2.45, 2.75) is 26.8 Å². The van der Waals surface area contributed by atoms with Gasteiger partial charge in [-0.05, 0) is 32.4 Å². The summed E-state index contributed by atoms with van der Waals surface area (Å²) in [5.74, 6) is 0.592. The first-order chi connectivity index (χ1) is 8.02. The molecule has 1 aromatic rings. The lowest BCUT2D eigenvalue weighted by atomic mass is 10.1. The molecule has 0 aromatic heterocycles. The fourth-order valence-corrected chi connectivity index (χ4v) is 1.48. The summed E-state index contributed by atoms with van der Waals surface area (Å²) in [6.07, 6.45) is 0. The Bertz CT molecular complexity index is 391. The van der Waals surface area contributed by atoms with E-state index >= 15 is 0 Å². The third kappa shape index (κ3) is 4.44. The Morgan fingerprint density at radius 1 is 1.47 bits per heavy atom. The Kier molecular flexibility index (Phi) is 4.97. The lowest BCUT2D eigenvalue weighted by Gasteiger charge is -2.13. The summed E-state index contributed by atoms with van der Waals surface area (Å²) in [6.45, 7) is 6.29. The van der Waals surface area contributed by atoms with Gasteiger partial charge in [-0.1, -0.05) is 17.7 Å². The van der Waals surface area contributed by atoms with E-state index in [9.17, 15) is 4.79 Å². The molecule has 4 heteroatoms. The van der Waals surface area contributed by atoms with Gasteiger partial charge in [0.05, 0.1) is 0 Å². The quantitative estimate of drug-likeness (QED) is 0.806. The maximum absolute atomic E-state index is 11.5. The average Bonchev–Trinajstić information content (AvgIpc) is 2.27. The molecule has 0 aliphatic rings. The SMILES string of the molecule is Cc1ccc(OCC(=O)NC(C)CN)c(C)c1. The van der Waals surface area contributed by atoms with Gasteiger partial charge in [-0.25, -0.2) is 0 Å². The second kappa shape index (κ2) is 6.25. The van der Waals surface area contributed by atoms with Gasteiger partial charge in [-0.3, -0.25) is 4.79 Å². The molecule has 1 atom stereocenters. The van der Waals surface area contributed by atoms with Crippen molar-refractivity contribution < 1.29 is 9.53 Å². The minimum absolute atomic E-state index is 0.0221. The number of ether oxygens (including phenoxy) is 1. The van der Waals surface area contributed by atoms with Gasteiger partial charge in [0, 0.05) is 12.6 Å². The topological polar surface area (TPSA) is 64.3 Å². The fraction of sp³-hybridized carbons (Fsp3) is 0.462. The molecule has 94 valence electrons. The van der Waals surface area contributed by atoms with Gasteiger partial charge in [0.25, 0.3) is 5.91 Å². The monoisotopic (exact) mass is 236 g/mol. The Hall–Kier alpha value is -1.55. The maximum atomic E-state index is 11.5. The highest BCUT2D eigenvalue weighted by Crippen LogP contribution is 2.18. The summed E-state index contributed by atoms with van der Waals surface area (Å²) in [5.41, 5.74) is 7.62. The Labute approximate surface area is 102 Å². The van der Waals surface area contributed by atoms with Crippen LogP contribution in [0.3, 0.4) is 0 Å². The van der Waals surface area contributed by atoms with Crippen LogP contribution in [0.25, 0.3) is 0 Å². The summed E-state index contributed by atoms with van der Waals surface area (Å²) < 4.78 is 5.45. The number of nitrogens with one attached hydrogen (secondary N) is 1. The Morgan fingerprint density at radius 3 is 2.76 bits per heavy atom. The molecule has 0 heterocycles. The lowest BCUT2D eigenvalue weighted by Crippen LogP contribution is -2.40.